The fourth-order valence-corrected chi connectivity index (χ4v) is 3.47. The van der Waals surface area contributed by atoms with Crippen molar-refractivity contribution in [3.63, 3.8) is 0 Å². The zero-order chi connectivity index (χ0) is 22.6. The van der Waals surface area contributed by atoms with Gasteiger partial charge >= 0.3 is 0 Å². The van der Waals surface area contributed by atoms with Crippen molar-refractivity contribution >= 4 is 29.9 Å². The zero-order valence-electron chi connectivity index (χ0n) is 19.5. The Labute approximate surface area is 213 Å². The van der Waals surface area contributed by atoms with Gasteiger partial charge in [-0.2, -0.15) is 0 Å². The van der Waals surface area contributed by atoms with Crippen LogP contribution < -0.4 is 10.1 Å². The van der Waals surface area contributed by atoms with E-state index in [1.54, 1.807) is 18.2 Å². The predicted molar refractivity (Wildman–Crippen MR) is 140 cm³/mol. The molecule has 0 spiro atoms. The van der Waals surface area contributed by atoms with Gasteiger partial charge in [0, 0.05) is 26.8 Å². The second-order valence-corrected chi connectivity index (χ2v) is 7.81. The highest BCUT2D eigenvalue weighted by Crippen LogP contribution is 2.16. The van der Waals surface area contributed by atoms with Crippen LogP contribution in [-0.2, 0) is 22.6 Å². The molecule has 2 aromatic rings. The number of halogens is 2. The largest absolute Gasteiger partial charge is 0.489 e. The van der Waals surface area contributed by atoms with Gasteiger partial charge in [0.25, 0.3) is 0 Å². The van der Waals surface area contributed by atoms with Gasteiger partial charge in [-0.25, -0.2) is 9.38 Å². The summed E-state index contributed by atoms with van der Waals surface area (Å²) in [5, 5.41) is 3.31. The second-order valence-electron chi connectivity index (χ2n) is 7.81. The molecule has 0 unspecified atom stereocenters. The van der Waals surface area contributed by atoms with E-state index < -0.39 is 0 Å². The quantitative estimate of drug-likeness (QED) is 0.257. The minimum Gasteiger partial charge on any atom is -0.489 e. The van der Waals surface area contributed by atoms with E-state index in [0.717, 1.165) is 49.7 Å². The third-order valence-corrected chi connectivity index (χ3v) is 5.27. The summed E-state index contributed by atoms with van der Waals surface area (Å²) in [5.41, 5.74) is 2.28. The molecule has 6 nitrogen and oxygen atoms in total. The van der Waals surface area contributed by atoms with E-state index >= 15 is 0 Å². The monoisotopic (exact) mass is 571 g/mol. The van der Waals surface area contributed by atoms with Crippen molar-refractivity contribution in [2.24, 2.45) is 4.99 Å². The standard InChI is InChI=1S/C25H34FN3O3.HI/c1-3-27-25(29(2)13-16-31-24-10-5-4-9-23(24)26)28-18-20-7-6-8-21(17-20)19-32-22-11-14-30-15-12-22;/h4-10,17,22H,3,11-16,18-19H2,1-2H3,(H,27,28);1H. The molecule has 0 bridgehead atoms. The van der Waals surface area contributed by atoms with E-state index in [9.17, 15) is 4.39 Å². The van der Waals surface area contributed by atoms with Crippen molar-refractivity contribution in [3.05, 3.63) is 65.5 Å². The molecule has 1 fully saturated rings. The molecule has 33 heavy (non-hydrogen) atoms. The predicted octanol–water partition coefficient (Wildman–Crippen LogP) is 4.62. The number of guanidine groups is 1. The third kappa shape index (κ3) is 9.46. The van der Waals surface area contributed by atoms with Crippen LogP contribution in [0.25, 0.3) is 0 Å². The molecule has 1 N–H and O–H groups in total. The van der Waals surface area contributed by atoms with Gasteiger partial charge in [-0.15, -0.1) is 24.0 Å². The van der Waals surface area contributed by atoms with Gasteiger partial charge in [0.05, 0.1) is 25.8 Å². The van der Waals surface area contributed by atoms with Gasteiger partial charge in [-0.05, 0) is 43.0 Å². The second kappa shape index (κ2) is 15.1. The van der Waals surface area contributed by atoms with E-state index in [1.807, 2.05) is 24.9 Å². The molecular formula is C25H35FIN3O3. The summed E-state index contributed by atoms with van der Waals surface area (Å²) in [6.07, 6.45) is 2.21. The summed E-state index contributed by atoms with van der Waals surface area (Å²) in [4.78, 5) is 6.75. The minimum atomic E-state index is -0.351. The highest BCUT2D eigenvalue weighted by atomic mass is 127. The SMILES string of the molecule is CCNC(=NCc1cccc(COC2CCOCC2)c1)N(C)CCOc1ccccc1F.I. The highest BCUT2D eigenvalue weighted by molar-refractivity contribution is 14.0. The van der Waals surface area contributed by atoms with Crippen LogP contribution in [0, 0.1) is 5.82 Å². The third-order valence-electron chi connectivity index (χ3n) is 5.27. The van der Waals surface area contributed by atoms with Crippen LogP contribution in [0.2, 0.25) is 0 Å². The first kappa shape index (κ1) is 27.3. The molecule has 3 rings (SSSR count). The number of aliphatic imine (C=N–C) groups is 1. The summed E-state index contributed by atoms with van der Waals surface area (Å²) in [7, 11) is 1.95. The molecule has 0 aliphatic carbocycles. The molecular weight excluding hydrogens is 536 g/mol. The lowest BCUT2D eigenvalue weighted by Gasteiger charge is -2.22. The number of nitrogens with one attached hydrogen (secondary N) is 1. The number of benzene rings is 2. The normalized spacial score (nSPS) is 14.5. The Kier molecular flexibility index (Phi) is 12.5. The summed E-state index contributed by atoms with van der Waals surface area (Å²) in [5.74, 6) is 0.701. The maximum absolute atomic E-state index is 13.7. The van der Waals surface area contributed by atoms with Gasteiger partial charge in [-0.1, -0.05) is 36.4 Å². The first-order valence-electron chi connectivity index (χ1n) is 11.3. The van der Waals surface area contributed by atoms with Gasteiger partial charge in [0.1, 0.15) is 6.61 Å². The molecule has 0 radical (unpaired) electrons. The maximum Gasteiger partial charge on any atom is 0.194 e. The number of hydrogen-bond acceptors (Lipinski definition) is 4. The van der Waals surface area contributed by atoms with Crippen LogP contribution in [0.5, 0.6) is 5.75 Å². The first-order chi connectivity index (χ1) is 15.7. The van der Waals surface area contributed by atoms with Crippen LogP contribution in [0.3, 0.4) is 0 Å². The first-order valence-corrected chi connectivity index (χ1v) is 11.3. The van der Waals surface area contributed by atoms with Crippen LogP contribution in [0.4, 0.5) is 4.39 Å². The number of para-hydroxylation sites is 1. The van der Waals surface area contributed by atoms with Crippen molar-refractivity contribution < 1.29 is 18.6 Å². The molecule has 182 valence electrons. The smallest absolute Gasteiger partial charge is 0.194 e. The molecule has 1 aliphatic heterocycles. The molecule has 0 aromatic heterocycles. The Bertz CT molecular complexity index is 862. The Balaban J connectivity index is 0.00000385. The number of likely N-dealkylation sites (N-methyl/N-ethyl adjacent to an activating group) is 1. The lowest BCUT2D eigenvalue weighted by Crippen LogP contribution is -2.40. The van der Waals surface area contributed by atoms with E-state index in [0.29, 0.717) is 26.3 Å². The summed E-state index contributed by atoms with van der Waals surface area (Å²) < 4.78 is 30.7. The Hall–Kier alpha value is -1.91. The molecule has 1 saturated heterocycles. The number of rotatable bonds is 10. The number of hydrogen-bond donors (Lipinski definition) is 1. The number of nitrogens with zero attached hydrogens (tertiary/aromatic N) is 2. The van der Waals surface area contributed by atoms with E-state index in [2.05, 4.69) is 23.5 Å². The fraction of sp³-hybridized carbons (Fsp3) is 0.480. The Morgan fingerprint density at radius 3 is 2.67 bits per heavy atom. The van der Waals surface area contributed by atoms with Crippen molar-refractivity contribution in [1.29, 1.82) is 0 Å². The summed E-state index contributed by atoms with van der Waals surface area (Å²) in [6, 6.07) is 14.8. The van der Waals surface area contributed by atoms with Crippen LogP contribution in [0.15, 0.2) is 53.5 Å². The molecule has 2 aromatic carbocycles. The van der Waals surface area contributed by atoms with Gasteiger partial charge in [0.15, 0.2) is 17.5 Å². The summed E-state index contributed by atoms with van der Waals surface area (Å²) >= 11 is 0. The van der Waals surface area contributed by atoms with Gasteiger partial charge in [-0.3, -0.25) is 0 Å². The molecule has 0 saturated carbocycles. The van der Waals surface area contributed by atoms with Crippen LogP contribution in [0.1, 0.15) is 30.9 Å². The molecule has 8 heteroatoms. The van der Waals surface area contributed by atoms with Crippen molar-refractivity contribution in [2.75, 3.05) is 40.0 Å². The average molecular weight is 571 g/mol. The maximum atomic E-state index is 13.7. The summed E-state index contributed by atoms with van der Waals surface area (Å²) in [6.45, 7) is 6.47. The minimum absolute atomic E-state index is 0. The Morgan fingerprint density at radius 1 is 1.15 bits per heavy atom. The molecule has 0 atom stereocenters. The number of ether oxygens (including phenoxy) is 3. The zero-order valence-corrected chi connectivity index (χ0v) is 21.8. The fourth-order valence-electron chi connectivity index (χ4n) is 3.47. The van der Waals surface area contributed by atoms with E-state index in [1.165, 1.54) is 6.07 Å². The molecule has 0 amide bonds. The van der Waals surface area contributed by atoms with Crippen LogP contribution in [-0.4, -0.2) is 56.9 Å². The Morgan fingerprint density at radius 2 is 1.91 bits per heavy atom. The van der Waals surface area contributed by atoms with Crippen LogP contribution >= 0.6 is 24.0 Å². The van der Waals surface area contributed by atoms with Crippen molar-refractivity contribution in [1.82, 2.24) is 10.2 Å². The lowest BCUT2D eigenvalue weighted by atomic mass is 10.1. The van der Waals surface area contributed by atoms with Gasteiger partial charge < -0.3 is 24.4 Å². The molecule has 1 aliphatic rings. The average Bonchev–Trinajstić information content (AvgIpc) is 2.82. The highest BCUT2D eigenvalue weighted by Gasteiger charge is 2.14. The van der Waals surface area contributed by atoms with E-state index in [-0.39, 0.29) is 41.6 Å². The molecule has 1 heterocycles. The van der Waals surface area contributed by atoms with Crippen molar-refractivity contribution in [2.45, 2.75) is 39.0 Å². The van der Waals surface area contributed by atoms with E-state index in [4.69, 9.17) is 19.2 Å². The lowest BCUT2D eigenvalue weighted by molar-refractivity contribution is -0.0390. The van der Waals surface area contributed by atoms with Crippen molar-refractivity contribution in [3.8, 4) is 5.75 Å². The van der Waals surface area contributed by atoms with Gasteiger partial charge in [0.2, 0.25) is 0 Å². The topological polar surface area (TPSA) is 55.3 Å².